The van der Waals surface area contributed by atoms with Crippen LogP contribution < -0.4 is 0 Å². The molecule has 3 heteroatoms. The standard InChI is InChI=1S/C12H16O2S/c1-3-10(12(13)14)8-9-4-6-11(15-2)7-5-9/h4-7,10H,3,8H2,1-2H3,(H,13,14). The molecule has 1 atom stereocenters. The van der Waals surface area contributed by atoms with Crippen molar-refractivity contribution >= 4 is 17.7 Å². The minimum Gasteiger partial charge on any atom is -0.481 e. The van der Waals surface area contributed by atoms with E-state index in [4.69, 9.17) is 5.11 Å². The predicted molar refractivity (Wildman–Crippen MR) is 63.3 cm³/mol. The quantitative estimate of drug-likeness (QED) is 0.781. The molecule has 0 aromatic heterocycles. The lowest BCUT2D eigenvalue weighted by atomic mass is 9.97. The number of hydrogen-bond donors (Lipinski definition) is 1. The first-order valence-electron chi connectivity index (χ1n) is 5.03. The molecule has 0 aliphatic carbocycles. The van der Waals surface area contributed by atoms with Crippen molar-refractivity contribution in [3.05, 3.63) is 29.8 Å². The average molecular weight is 224 g/mol. The van der Waals surface area contributed by atoms with E-state index in [1.54, 1.807) is 11.8 Å². The van der Waals surface area contributed by atoms with E-state index in [0.29, 0.717) is 12.8 Å². The summed E-state index contributed by atoms with van der Waals surface area (Å²) in [4.78, 5) is 12.1. The summed E-state index contributed by atoms with van der Waals surface area (Å²) in [6.45, 7) is 1.91. The molecule has 0 radical (unpaired) electrons. The first-order valence-corrected chi connectivity index (χ1v) is 6.25. The molecule has 1 aromatic carbocycles. The Kier molecular flexibility index (Phi) is 4.69. The normalized spacial score (nSPS) is 12.4. The van der Waals surface area contributed by atoms with Gasteiger partial charge in [-0.3, -0.25) is 4.79 Å². The topological polar surface area (TPSA) is 37.3 Å². The Morgan fingerprint density at radius 1 is 1.40 bits per heavy atom. The Bertz CT molecular complexity index is 319. The number of carbonyl (C=O) groups is 1. The van der Waals surface area contributed by atoms with Gasteiger partial charge in [-0.15, -0.1) is 11.8 Å². The molecular weight excluding hydrogens is 208 g/mol. The van der Waals surface area contributed by atoms with Crippen molar-refractivity contribution in [1.82, 2.24) is 0 Å². The summed E-state index contributed by atoms with van der Waals surface area (Å²) in [6.07, 6.45) is 3.33. The fourth-order valence-electron chi connectivity index (χ4n) is 1.45. The van der Waals surface area contributed by atoms with E-state index >= 15 is 0 Å². The number of carboxylic acids is 1. The number of aliphatic carboxylic acids is 1. The molecule has 0 heterocycles. The van der Waals surface area contributed by atoms with Gasteiger partial charge >= 0.3 is 5.97 Å². The van der Waals surface area contributed by atoms with E-state index < -0.39 is 5.97 Å². The van der Waals surface area contributed by atoms with Gasteiger partial charge in [-0.1, -0.05) is 19.1 Å². The summed E-state index contributed by atoms with van der Waals surface area (Å²) in [5.74, 6) is -0.962. The zero-order chi connectivity index (χ0) is 11.3. The summed E-state index contributed by atoms with van der Waals surface area (Å²) in [6, 6.07) is 8.10. The summed E-state index contributed by atoms with van der Waals surface area (Å²) in [5.41, 5.74) is 1.10. The van der Waals surface area contributed by atoms with Crippen LogP contribution in [-0.4, -0.2) is 17.3 Å². The average Bonchev–Trinajstić information content (AvgIpc) is 2.26. The van der Waals surface area contributed by atoms with Crippen LogP contribution in [0, 0.1) is 5.92 Å². The zero-order valence-corrected chi connectivity index (χ0v) is 9.88. The fourth-order valence-corrected chi connectivity index (χ4v) is 1.86. The second-order valence-corrected chi connectivity index (χ2v) is 4.38. The number of carboxylic acid groups (broad SMARTS) is 1. The molecule has 0 aliphatic rings. The van der Waals surface area contributed by atoms with Gasteiger partial charge < -0.3 is 5.11 Å². The SMILES string of the molecule is CCC(Cc1ccc(SC)cc1)C(=O)O. The minimum atomic E-state index is -0.702. The molecule has 0 aliphatic heterocycles. The Morgan fingerprint density at radius 3 is 2.40 bits per heavy atom. The molecule has 82 valence electrons. The van der Waals surface area contributed by atoms with Crippen LogP contribution in [0.2, 0.25) is 0 Å². The van der Waals surface area contributed by atoms with Crippen LogP contribution in [0.1, 0.15) is 18.9 Å². The zero-order valence-electron chi connectivity index (χ0n) is 9.06. The smallest absolute Gasteiger partial charge is 0.306 e. The van der Waals surface area contributed by atoms with Gasteiger partial charge in [0.15, 0.2) is 0 Å². The molecule has 1 unspecified atom stereocenters. The Balaban J connectivity index is 2.67. The van der Waals surface area contributed by atoms with Crippen LogP contribution in [0.25, 0.3) is 0 Å². The largest absolute Gasteiger partial charge is 0.481 e. The Morgan fingerprint density at radius 2 is 2.00 bits per heavy atom. The van der Waals surface area contributed by atoms with E-state index in [9.17, 15) is 4.79 Å². The van der Waals surface area contributed by atoms with Gasteiger partial charge in [0.1, 0.15) is 0 Å². The van der Waals surface area contributed by atoms with Crippen LogP contribution in [0.3, 0.4) is 0 Å². The van der Waals surface area contributed by atoms with Gasteiger partial charge in [0.05, 0.1) is 5.92 Å². The highest BCUT2D eigenvalue weighted by Crippen LogP contribution is 2.18. The molecule has 0 saturated carbocycles. The van der Waals surface area contributed by atoms with Gasteiger partial charge in [-0.05, 0) is 36.8 Å². The third-order valence-electron chi connectivity index (χ3n) is 2.48. The van der Waals surface area contributed by atoms with Crippen LogP contribution in [-0.2, 0) is 11.2 Å². The molecule has 0 fully saturated rings. The lowest BCUT2D eigenvalue weighted by molar-refractivity contribution is -0.141. The highest BCUT2D eigenvalue weighted by atomic mass is 32.2. The molecule has 2 nitrogen and oxygen atoms in total. The summed E-state index contributed by atoms with van der Waals surface area (Å²) >= 11 is 1.69. The van der Waals surface area contributed by atoms with Crippen LogP contribution >= 0.6 is 11.8 Å². The Labute approximate surface area is 94.7 Å². The summed E-state index contributed by atoms with van der Waals surface area (Å²) < 4.78 is 0. The van der Waals surface area contributed by atoms with Gasteiger partial charge in [-0.2, -0.15) is 0 Å². The predicted octanol–water partition coefficient (Wildman–Crippen LogP) is 3.06. The number of hydrogen-bond acceptors (Lipinski definition) is 2. The lowest BCUT2D eigenvalue weighted by Gasteiger charge is -2.09. The molecular formula is C12H16O2S. The fraction of sp³-hybridized carbons (Fsp3) is 0.417. The van der Waals surface area contributed by atoms with Crippen molar-refractivity contribution in [2.45, 2.75) is 24.7 Å². The monoisotopic (exact) mass is 224 g/mol. The van der Waals surface area contributed by atoms with Crippen molar-refractivity contribution in [3.63, 3.8) is 0 Å². The lowest BCUT2D eigenvalue weighted by Crippen LogP contribution is -2.15. The first kappa shape index (κ1) is 12.1. The van der Waals surface area contributed by atoms with Crippen LogP contribution in [0.4, 0.5) is 0 Å². The van der Waals surface area contributed by atoms with E-state index in [0.717, 1.165) is 5.56 Å². The maximum Gasteiger partial charge on any atom is 0.306 e. The van der Waals surface area contributed by atoms with Crippen molar-refractivity contribution < 1.29 is 9.90 Å². The number of thioether (sulfide) groups is 1. The maximum atomic E-state index is 10.9. The van der Waals surface area contributed by atoms with Crippen molar-refractivity contribution in [3.8, 4) is 0 Å². The van der Waals surface area contributed by atoms with Crippen LogP contribution in [0.15, 0.2) is 29.2 Å². The third-order valence-corrected chi connectivity index (χ3v) is 3.23. The second-order valence-electron chi connectivity index (χ2n) is 3.50. The molecule has 0 spiro atoms. The van der Waals surface area contributed by atoms with Gasteiger partial charge in [-0.25, -0.2) is 0 Å². The Hall–Kier alpha value is -0.960. The first-order chi connectivity index (χ1) is 7.17. The third kappa shape index (κ3) is 3.59. The molecule has 0 saturated heterocycles. The second kappa shape index (κ2) is 5.81. The van der Waals surface area contributed by atoms with Crippen molar-refractivity contribution in [2.24, 2.45) is 5.92 Å². The van der Waals surface area contributed by atoms with Gasteiger partial charge in [0.2, 0.25) is 0 Å². The van der Waals surface area contributed by atoms with Crippen molar-refractivity contribution in [2.75, 3.05) is 6.26 Å². The molecule has 1 aromatic rings. The van der Waals surface area contributed by atoms with Gasteiger partial charge in [0.25, 0.3) is 0 Å². The van der Waals surface area contributed by atoms with E-state index in [1.165, 1.54) is 4.90 Å². The summed E-state index contributed by atoms with van der Waals surface area (Å²) in [5, 5.41) is 8.93. The molecule has 0 bridgehead atoms. The highest BCUT2D eigenvalue weighted by Gasteiger charge is 2.15. The maximum absolute atomic E-state index is 10.9. The number of rotatable bonds is 5. The van der Waals surface area contributed by atoms with E-state index in [-0.39, 0.29) is 5.92 Å². The molecule has 1 rings (SSSR count). The summed E-state index contributed by atoms with van der Waals surface area (Å²) in [7, 11) is 0. The van der Waals surface area contributed by atoms with E-state index in [1.807, 2.05) is 37.4 Å². The molecule has 0 amide bonds. The molecule has 1 N–H and O–H groups in total. The van der Waals surface area contributed by atoms with Crippen LogP contribution in [0.5, 0.6) is 0 Å². The molecule has 15 heavy (non-hydrogen) atoms. The van der Waals surface area contributed by atoms with E-state index in [2.05, 4.69) is 0 Å². The van der Waals surface area contributed by atoms with Crippen molar-refractivity contribution in [1.29, 1.82) is 0 Å². The highest BCUT2D eigenvalue weighted by molar-refractivity contribution is 7.98. The minimum absolute atomic E-state index is 0.259. The van der Waals surface area contributed by atoms with Gasteiger partial charge in [0, 0.05) is 4.90 Å². The number of benzene rings is 1.